The first-order valence-corrected chi connectivity index (χ1v) is 12.7. The van der Waals surface area contributed by atoms with E-state index < -0.39 is 22.3 Å². The molecule has 0 aliphatic heterocycles. The molecule has 4 aromatic rings. The molecule has 4 rings (SSSR count). The molecular weight excluding hydrogens is 533 g/mol. The van der Waals surface area contributed by atoms with E-state index in [1.54, 1.807) is 13.0 Å². The molecule has 0 aliphatic carbocycles. The average molecular weight is 551 g/mol. The predicted octanol–water partition coefficient (Wildman–Crippen LogP) is 4.94. The summed E-state index contributed by atoms with van der Waals surface area (Å²) < 4.78 is 68.0. The van der Waals surface area contributed by atoms with Gasteiger partial charge < -0.3 is 15.4 Å². The zero-order chi connectivity index (χ0) is 26.6. The Morgan fingerprint density at radius 2 is 1.65 bits per heavy atom. The van der Waals surface area contributed by atoms with E-state index in [1.165, 1.54) is 48.0 Å². The van der Waals surface area contributed by atoms with Crippen molar-refractivity contribution in [2.75, 3.05) is 15.4 Å². The summed E-state index contributed by atoms with van der Waals surface area (Å²) in [5.74, 6) is -0.966. The lowest BCUT2D eigenvalue weighted by atomic mass is 10.3. The molecule has 2 aromatic heterocycles. The molecule has 1 amide bonds. The average Bonchev–Trinajstić information content (AvgIpc) is 3.28. The number of carbonyl (C=O) groups is 1. The first-order chi connectivity index (χ1) is 17.5. The van der Waals surface area contributed by atoms with Gasteiger partial charge in [-0.2, -0.15) is 0 Å². The van der Waals surface area contributed by atoms with E-state index in [4.69, 9.17) is 0 Å². The van der Waals surface area contributed by atoms with Crippen molar-refractivity contribution >= 4 is 49.7 Å². The SMILES string of the molecule is Cc1ccnc(NS(=O)(=O)c2ccc(NC(=O)c3csc(Nc4ccc(OC(F)(F)F)cc4)n3)cc2)n1. The number of nitrogens with one attached hydrogen (secondary N) is 3. The minimum Gasteiger partial charge on any atom is -0.406 e. The van der Waals surface area contributed by atoms with Crippen LogP contribution in [0.4, 0.5) is 35.6 Å². The lowest BCUT2D eigenvalue weighted by Crippen LogP contribution is -2.16. The number of halogens is 3. The van der Waals surface area contributed by atoms with E-state index in [1.807, 2.05) is 0 Å². The molecule has 15 heteroatoms. The number of carbonyl (C=O) groups excluding carboxylic acids is 1. The Hall–Kier alpha value is -4.24. The molecule has 0 fully saturated rings. The highest BCUT2D eigenvalue weighted by atomic mass is 32.2. The van der Waals surface area contributed by atoms with E-state index >= 15 is 0 Å². The minimum absolute atomic E-state index is 0.0533. The van der Waals surface area contributed by atoms with Crippen molar-refractivity contribution in [2.45, 2.75) is 18.2 Å². The molecule has 2 aromatic carbocycles. The molecule has 37 heavy (non-hydrogen) atoms. The fourth-order valence-corrected chi connectivity index (χ4v) is 4.55. The lowest BCUT2D eigenvalue weighted by molar-refractivity contribution is -0.274. The minimum atomic E-state index is -4.78. The van der Waals surface area contributed by atoms with Crippen LogP contribution >= 0.6 is 11.3 Å². The Morgan fingerprint density at radius 1 is 0.973 bits per heavy atom. The first-order valence-electron chi connectivity index (χ1n) is 10.3. The molecule has 0 radical (unpaired) electrons. The highest BCUT2D eigenvalue weighted by Crippen LogP contribution is 2.27. The van der Waals surface area contributed by atoms with Gasteiger partial charge >= 0.3 is 6.36 Å². The Kier molecular flexibility index (Phi) is 7.26. The summed E-state index contributed by atoms with van der Waals surface area (Å²) in [5, 5.41) is 7.33. The van der Waals surface area contributed by atoms with Gasteiger partial charge in [0, 0.05) is 28.6 Å². The number of aryl methyl sites for hydroxylation is 1. The maximum Gasteiger partial charge on any atom is 0.573 e. The number of amides is 1. The number of anilines is 4. The van der Waals surface area contributed by atoms with Gasteiger partial charge in [-0.3, -0.25) is 4.79 Å². The molecule has 0 spiro atoms. The van der Waals surface area contributed by atoms with Crippen LogP contribution in [0.5, 0.6) is 5.75 Å². The smallest absolute Gasteiger partial charge is 0.406 e. The number of aromatic nitrogens is 3. The quantitative estimate of drug-likeness (QED) is 0.281. The topological polar surface area (TPSA) is 135 Å². The van der Waals surface area contributed by atoms with Crippen molar-refractivity contribution in [2.24, 2.45) is 0 Å². The number of ether oxygens (including phenoxy) is 1. The van der Waals surface area contributed by atoms with Crippen molar-refractivity contribution in [3.05, 3.63) is 77.6 Å². The van der Waals surface area contributed by atoms with Gasteiger partial charge in [-0.05, 0) is 61.5 Å². The molecule has 0 unspecified atom stereocenters. The summed E-state index contributed by atoms with van der Waals surface area (Å²) in [5.41, 5.74) is 1.45. The number of nitrogens with zero attached hydrogens (tertiary/aromatic N) is 3. The van der Waals surface area contributed by atoms with E-state index in [2.05, 4.69) is 35.0 Å². The molecule has 0 aliphatic rings. The summed E-state index contributed by atoms with van der Waals surface area (Å²) in [6.45, 7) is 1.70. The van der Waals surface area contributed by atoms with Gasteiger partial charge in [-0.25, -0.2) is 28.1 Å². The van der Waals surface area contributed by atoms with Crippen LogP contribution in [-0.2, 0) is 10.0 Å². The Morgan fingerprint density at radius 3 is 2.30 bits per heavy atom. The number of hydrogen-bond acceptors (Lipinski definition) is 9. The molecule has 2 heterocycles. The molecule has 10 nitrogen and oxygen atoms in total. The van der Waals surface area contributed by atoms with E-state index in [9.17, 15) is 26.4 Å². The maximum atomic E-state index is 12.5. The van der Waals surface area contributed by atoms with Crippen LogP contribution in [0.1, 0.15) is 16.2 Å². The largest absolute Gasteiger partial charge is 0.573 e. The van der Waals surface area contributed by atoms with Crippen LogP contribution in [0.15, 0.2) is 71.1 Å². The highest BCUT2D eigenvalue weighted by molar-refractivity contribution is 7.92. The summed E-state index contributed by atoms with van der Waals surface area (Å²) in [7, 11) is -3.94. The third-order valence-corrected chi connectivity index (χ3v) is 6.62. The standard InChI is InChI=1S/C22H17F3N6O4S2/c1-13-10-11-26-20(27-13)31-37(33,34)17-8-4-14(5-9-17)28-19(32)18-12-36-21(30-18)29-15-2-6-16(7-3-15)35-22(23,24)25/h2-12H,1H3,(H,28,32)(H,29,30)(H,26,27,31). The van der Waals surface area contributed by atoms with E-state index in [-0.39, 0.29) is 22.3 Å². The van der Waals surface area contributed by atoms with Gasteiger partial charge in [0.25, 0.3) is 15.9 Å². The number of benzene rings is 2. The summed E-state index contributed by atoms with van der Waals surface area (Å²) >= 11 is 1.11. The second kappa shape index (κ2) is 10.4. The third kappa shape index (κ3) is 7.14. The summed E-state index contributed by atoms with van der Waals surface area (Å²) in [4.78, 5) is 24.5. The van der Waals surface area contributed by atoms with Crippen LogP contribution in [-0.4, -0.2) is 35.6 Å². The number of thiazole rings is 1. The summed E-state index contributed by atoms with van der Waals surface area (Å²) in [6, 6.07) is 12.1. The van der Waals surface area contributed by atoms with Gasteiger partial charge in [-0.15, -0.1) is 24.5 Å². The second-order valence-electron chi connectivity index (χ2n) is 7.34. The van der Waals surface area contributed by atoms with Crippen molar-refractivity contribution in [1.82, 2.24) is 15.0 Å². The monoisotopic (exact) mass is 550 g/mol. The van der Waals surface area contributed by atoms with E-state index in [0.29, 0.717) is 22.2 Å². The Labute approximate surface area is 212 Å². The van der Waals surface area contributed by atoms with Gasteiger partial charge in [0.05, 0.1) is 4.90 Å². The maximum absolute atomic E-state index is 12.5. The van der Waals surface area contributed by atoms with Gasteiger partial charge in [0.15, 0.2) is 5.13 Å². The molecule has 0 atom stereocenters. The predicted molar refractivity (Wildman–Crippen MR) is 130 cm³/mol. The van der Waals surface area contributed by atoms with Crippen LogP contribution in [0.2, 0.25) is 0 Å². The molecule has 0 bridgehead atoms. The van der Waals surface area contributed by atoms with Gasteiger partial charge in [-0.1, -0.05) is 0 Å². The molecular formula is C22H17F3N6O4S2. The Bertz CT molecular complexity index is 1510. The Balaban J connectivity index is 1.36. The zero-order valence-electron chi connectivity index (χ0n) is 18.8. The fourth-order valence-electron chi connectivity index (χ4n) is 2.89. The van der Waals surface area contributed by atoms with Crippen LogP contribution in [0.3, 0.4) is 0 Å². The molecule has 3 N–H and O–H groups in total. The molecule has 0 saturated heterocycles. The third-order valence-electron chi connectivity index (χ3n) is 4.52. The van der Waals surface area contributed by atoms with Gasteiger partial charge in [0.1, 0.15) is 11.4 Å². The highest BCUT2D eigenvalue weighted by Gasteiger charge is 2.31. The van der Waals surface area contributed by atoms with Crippen molar-refractivity contribution < 1.29 is 31.1 Å². The van der Waals surface area contributed by atoms with Crippen molar-refractivity contribution in [1.29, 1.82) is 0 Å². The number of rotatable bonds is 8. The van der Waals surface area contributed by atoms with Crippen molar-refractivity contribution in [3.63, 3.8) is 0 Å². The first kappa shape index (κ1) is 25.8. The van der Waals surface area contributed by atoms with Gasteiger partial charge in [0.2, 0.25) is 5.95 Å². The normalized spacial score (nSPS) is 11.6. The molecule has 192 valence electrons. The van der Waals surface area contributed by atoms with Crippen LogP contribution < -0.4 is 20.1 Å². The van der Waals surface area contributed by atoms with Crippen LogP contribution in [0, 0.1) is 6.92 Å². The van der Waals surface area contributed by atoms with Crippen molar-refractivity contribution in [3.8, 4) is 5.75 Å². The zero-order valence-corrected chi connectivity index (χ0v) is 20.4. The summed E-state index contributed by atoms with van der Waals surface area (Å²) in [6.07, 6.45) is -3.35. The number of alkyl halides is 3. The lowest BCUT2D eigenvalue weighted by Gasteiger charge is -2.09. The second-order valence-corrected chi connectivity index (χ2v) is 9.88. The number of hydrogen-bond donors (Lipinski definition) is 3. The molecule has 0 saturated carbocycles. The van der Waals surface area contributed by atoms with Crippen LogP contribution in [0.25, 0.3) is 0 Å². The fraction of sp³-hybridized carbons (Fsp3) is 0.0909. The van der Waals surface area contributed by atoms with E-state index in [0.717, 1.165) is 23.5 Å². The number of sulfonamides is 1.